The van der Waals surface area contributed by atoms with E-state index in [1.165, 1.54) is 12.8 Å². The fourth-order valence-electron chi connectivity index (χ4n) is 2.91. The molecule has 0 heterocycles. The minimum absolute atomic E-state index is 0.00315. The van der Waals surface area contributed by atoms with Crippen LogP contribution in [0.2, 0.25) is 0 Å². The molecule has 5 heteroatoms. The van der Waals surface area contributed by atoms with E-state index in [2.05, 4.69) is 5.32 Å². The molecule has 1 amide bonds. The Hall–Kier alpha value is -1.04. The van der Waals surface area contributed by atoms with E-state index in [4.69, 9.17) is 5.11 Å². The maximum Gasteiger partial charge on any atom is 0.251 e. The third-order valence-corrected chi connectivity index (χ3v) is 5.21. The van der Waals surface area contributed by atoms with Crippen LogP contribution in [0.1, 0.15) is 48.9 Å². The largest absolute Gasteiger partial charge is 0.396 e. The van der Waals surface area contributed by atoms with E-state index >= 15 is 0 Å². The predicted octanol–water partition coefficient (Wildman–Crippen LogP) is 2.59. The third-order valence-electron chi connectivity index (χ3n) is 4.22. The molecule has 0 aliphatic heterocycles. The van der Waals surface area contributed by atoms with Crippen molar-refractivity contribution in [3.63, 3.8) is 0 Å². The van der Waals surface area contributed by atoms with E-state index in [0.717, 1.165) is 30.6 Å². The first-order valence-corrected chi connectivity index (χ1v) is 8.95. The molecule has 1 aliphatic rings. The van der Waals surface area contributed by atoms with Crippen LogP contribution in [-0.4, -0.2) is 40.6 Å². The van der Waals surface area contributed by atoms with Crippen molar-refractivity contribution in [1.29, 1.82) is 0 Å². The quantitative estimate of drug-likeness (QED) is 0.556. The normalized spacial score (nSPS) is 17.7. The Morgan fingerprint density at radius 2 is 1.73 bits per heavy atom. The minimum Gasteiger partial charge on any atom is -0.396 e. The van der Waals surface area contributed by atoms with E-state index < -0.39 is 5.54 Å². The molecule has 0 unspecified atom stereocenters. The molecule has 0 aromatic heterocycles. The lowest BCUT2D eigenvalue weighted by molar-refractivity contribution is 0.0806. The molecule has 1 saturated carbocycles. The summed E-state index contributed by atoms with van der Waals surface area (Å²) < 4.78 is 0. The Bertz CT molecular complexity index is 467. The maximum atomic E-state index is 12.4. The fraction of sp³-hybridized carbons (Fsp3) is 0.588. The molecule has 1 fully saturated rings. The lowest BCUT2D eigenvalue weighted by Gasteiger charge is -2.32. The van der Waals surface area contributed by atoms with E-state index in [1.54, 1.807) is 23.9 Å². The van der Waals surface area contributed by atoms with Crippen molar-refractivity contribution in [3.05, 3.63) is 29.8 Å². The lowest BCUT2D eigenvalue weighted by Crippen LogP contribution is -2.51. The third kappa shape index (κ3) is 4.73. The number of carbonyl (C=O) groups is 1. The van der Waals surface area contributed by atoms with Gasteiger partial charge in [-0.3, -0.25) is 4.79 Å². The van der Waals surface area contributed by atoms with Gasteiger partial charge < -0.3 is 15.5 Å². The topological polar surface area (TPSA) is 69.6 Å². The molecule has 0 bridgehead atoms. The highest BCUT2D eigenvalue weighted by atomic mass is 32.2. The van der Waals surface area contributed by atoms with Gasteiger partial charge in [-0.05, 0) is 37.1 Å². The van der Waals surface area contributed by atoms with Gasteiger partial charge in [0.1, 0.15) is 0 Å². The van der Waals surface area contributed by atoms with E-state index in [9.17, 15) is 9.90 Å². The molecule has 122 valence electrons. The second kappa shape index (κ2) is 8.56. The average molecular weight is 323 g/mol. The Morgan fingerprint density at radius 3 is 2.27 bits per heavy atom. The molecular formula is C17H25NO3S. The van der Waals surface area contributed by atoms with Crippen molar-refractivity contribution >= 4 is 17.7 Å². The van der Waals surface area contributed by atoms with Crippen LogP contribution < -0.4 is 5.32 Å². The first-order valence-electron chi connectivity index (χ1n) is 7.96. The molecule has 1 aromatic carbocycles. The summed E-state index contributed by atoms with van der Waals surface area (Å²) >= 11 is 1.56. The van der Waals surface area contributed by atoms with Gasteiger partial charge in [-0.25, -0.2) is 0 Å². The number of benzene rings is 1. The summed E-state index contributed by atoms with van der Waals surface area (Å²) in [7, 11) is 0. The molecule has 2 rings (SSSR count). The number of thioether (sulfide) groups is 1. The Labute approximate surface area is 136 Å². The van der Waals surface area contributed by atoms with E-state index in [0.29, 0.717) is 11.3 Å². The van der Waals surface area contributed by atoms with Gasteiger partial charge in [0.2, 0.25) is 0 Å². The molecule has 0 spiro atoms. The van der Waals surface area contributed by atoms with Crippen LogP contribution in [0, 0.1) is 0 Å². The van der Waals surface area contributed by atoms with Crippen LogP contribution in [0.25, 0.3) is 0 Å². The summed E-state index contributed by atoms with van der Waals surface area (Å²) in [6.45, 7) is 0.148. The van der Waals surface area contributed by atoms with Gasteiger partial charge in [0.05, 0.1) is 18.8 Å². The number of nitrogens with one attached hydrogen (secondary N) is 1. The van der Waals surface area contributed by atoms with Gasteiger partial charge >= 0.3 is 0 Å². The summed E-state index contributed by atoms with van der Waals surface area (Å²) in [5, 5.41) is 21.6. The molecule has 1 aromatic rings. The summed E-state index contributed by atoms with van der Waals surface area (Å²) in [5.74, 6) is 0.536. The second-order valence-electron chi connectivity index (χ2n) is 5.90. The number of carbonyl (C=O) groups excluding carboxylic acids is 1. The zero-order valence-corrected chi connectivity index (χ0v) is 13.7. The van der Waals surface area contributed by atoms with Crippen LogP contribution in [-0.2, 0) is 0 Å². The minimum atomic E-state index is -0.460. The van der Waals surface area contributed by atoms with Crippen LogP contribution in [0.15, 0.2) is 29.2 Å². The molecule has 3 N–H and O–H groups in total. The van der Waals surface area contributed by atoms with Crippen molar-refractivity contribution in [1.82, 2.24) is 5.32 Å². The summed E-state index contributed by atoms with van der Waals surface area (Å²) in [6.07, 6.45) is 6.15. The number of aliphatic hydroxyl groups excluding tert-OH is 2. The van der Waals surface area contributed by atoms with Crippen molar-refractivity contribution in [3.8, 4) is 0 Å². The fourth-order valence-corrected chi connectivity index (χ4v) is 3.56. The van der Waals surface area contributed by atoms with Gasteiger partial charge in [0.15, 0.2) is 0 Å². The van der Waals surface area contributed by atoms with Gasteiger partial charge in [0, 0.05) is 16.2 Å². The zero-order chi connectivity index (χ0) is 15.8. The predicted molar refractivity (Wildman–Crippen MR) is 89.2 cm³/mol. The molecule has 4 nitrogen and oxygen atoms in total. The Morgan fingerprint density at radius 1 is 1.09 bits per heavy atom. The van der Waals surface area contributed by atoms with Crippen LogP contribution in [0.3, 0.4) is 0 Å². The number of hydrogen-bond donors (Lipinski definition) is 3. The van der Waals surface area contributed by atoms with E-state index in [-0.39, 0.29) is 19.1 Å². The zero-order valence-electron chi connectivity index (χ0n) is 12.9. The number of hydrogen-bond acceptors (Lipinski definition) is 4. The lowest BCUT2D eigenvalue weighted by atomic mass is 9.90. The van der Waals surface area contributed by atoms with E-state index in [1.807, 2.05) is 12.1 Å². The molecular weight excluding hydrogens is 298 g/mol. The van der Waals surface area contributed by atoms with Crippen molar-refractivity contribution in [2.24, 2.45) is 0 Å². The number of aliphatic hydroxyl groups is 2. The molecule has 0 atom stereocenters. The number of amides is 1. The van der Waals surface area contributed by atoms with Crippen LogP contribution in [0.4, 0.5) is 0 Å². The first-order chi connectivity index (χ1) is 10.7. The standard InChI is InChI=1S/C17H25NO3S/c19-11-12-22-15-7-5-14(6-8-15)16(21)18-17(13-20)9-3-1-2-4-10-17/h5-8,19-20H,1-4,9-13H2,(H,18,21). The Kier molecular flexibility index (Phi) is 6.73. The smallest absolute Gasteiger partial charge is 0.251 e. The van der Waals surface area contributed by atoms with Crippen molar-refractivity contribution in [2.45, 2.75) is 49.0 Å². The molecule has 1 aliphatic carbocycles. The average Bonchev–Trinajstić information content (AvgIpc) is 2.79. The van der Waals surface area contributed by atoms with Gasteiger partial charge in [-0.1, -0.05) is 25.7 Å². The van der Waals surface area contributed by atoms with Crippen molar-refractivity contribution in [2.75, 3.05) is 19.0 Å². The second-order valence-corrected chi connectivity index (χ2v) is 7.07. The first kappa shape index (κ1) is 17.3. The van der Waals surface area contributed by atoms with Gasteiger partial charge in [-0.15, -0.1) is 11.8 Å². The van der Waals surface area contributed by atoms with Crippen molar-refractivity contribution < 1.29 is 15.0 Å². The highest BCUT2D eigenvalue weighted by Crippen LogP contribution is 2.27. The highest BCUT2D eigenvalue weighted by Gasteiger charge is 2.32. The number of rotatable bonds is 6. The summed E-state index contributed by atoms with van der Waals surface area (Å²) in [6, 6.07) is 7.40. The monoisotopic (exact) mass is 323 g/mol. The molecule has 0 radical (unpaired) electrons. The van der Waals surface area contributed by atoms with Gasteiger partial charge in [-0.2, -0.15) is 0 Å². The Balaban J connectivity index is 2.00. The highest BCUT2D eigenvalue weighted by molar-refractivity contribution is 7.99. The van der Waals surface area contributed by atoms with Crippen LogP contribution >= 0.6 is 11.8 Å². The van der Waals surface area contributed by atoms with Gasteiger partial charge in [0.25, 0.3) is 5.91 Å². The molecule has 0 saturated heterocycles. The van der Waals surface area contributed by atoms with Crippen LogP contribution in [0.5, 0.6) is 0 Å². The molecule has 22 heavy (non-hydrogen) atoms. The summed E-state index contributed by atoms with van der Waals surface area (Å²) in [5.41, 5.74) is 0.156. The SMILES string of the molecule is O=C(NC1(CO)CCCCCC1)c1ccc(SCCO)cc1. The summed E-state index contributed by atoms with van der Waals surface area (Å²) in [4.78, 5) is 13.5. The maximum absolute atomic E-state index is 12.4.